The molecule has 27 heavy (non-hydrogen) atoms. The molecule has 0 saturated carbocycles. The summed E-state index contributed by atoms with van der Waals surface area (Å²) in [5, 5.41) is 11.7. The molecule has 0 spiro atoms. The van der Waals surface area contributed by atoms with E-state index in [1.807, 2.05) is 25.1 Å². The fourth-order valence-electron chi connectivity index (χ4n) is 2.42. The van der Waals surface area contributed by atoms with Gasteiger partial charge in [-0.2, -0.15) is 0 Å². The SMILES string of the molecule is C#CCCCOc1ccc(/C=C/C(=O)Nc2ccccc2C(=O)O)cc1C. The van der Waals surface area contributed by atoms with Crippen LogP contribution in [-0.2, 0) is 4.79 Å². The van der Waals surface area contributed by atoms with E-state index in [0.717, 1.165) is 23.3 Å². The van der Waals surface area contributed by atoms with E-state index in [9.17, 15) is 9.59 Å². The van der Waals surface area contributed by atoms with Gasteiger partial charge in [0, 0.05) is 12.5 Å². The van der Waals surface area contributed by atoms with Crippen LogP contribution in [0, 0.1) is 19.3 Å². The number of para-hydroxylation sites is 1. The topological polar surface area (TPSA) is 75.6 Å². The van der Waals surface area contributed by atoms with Crippen LogP contribution in [0.2, 0.25) is 0 Å². The van der Waals surface area contributed by atoms with Gasteiger partial charge in [0.15, 0.2) is 0 Å². The quantitative estimate of drug-likeness (QED) is 0.420. The zero-order chi connectivity index (χ0) is 19.6. The zero-order valence-corrected chi connectivity index (χ0v) is 15.1. The van der Waals surface area contributed by atoms with Crippen LogP contribution in [-0.4, -0.2) is 23.6 Å². The molecule has 0 radical (unpaired) electrons. The van der Waals surface area contributed by atoms with Crippen molar-refractivity contribution in [2.45, 2.75) is 19.8 Å². The third-order valence-electron chi connectivity index (χ3n) is 3.76. The number of unbranched alkanes of at least 4 members (excludes halogenated alkanes) is 1. The Morgan fingerprint density at radius 3 is 2.74 bits per heavy atom. The second kappa shape index (κ2) is 9.83. The lowest BCUT2D eigenvalue weighted by Crippen LogP contribution is -2.11. The minimum absolute atomic E-state index is 0.0430. The van der Waals surface area contributed by atoms with Gasteiger partial charge in [-0.25, -0.2) is 4.79 Å². The van der Waals surface area contributed by atoms with E-state index in [0.29, 0.717) is 13.0 Å². The van der Waals surface area contributed by atoms with Crippen molar-refractivity contribution in [3.8, 4) is 18.1 Å². The van der Waals surface area contributed by atoms with Crippen molar-refractivity contribution in [2.75, 3.05) is 11.9 Å². The summed E-state index contributed by atoms with van der Waals surface area (Å²) in [4.78, 5) is 23.3. The standard InChI is InChI=1S/C22H21NO4/c1-3-4-7-14-27-20-12-10-17(15-16(20)2)11-13-21(24)23-19-9-6-5-8-18(19)22(25)26/h1,5-6,8-13,15H,4,7,14H2,2H3,(H,23,24)(H,25,26)/b13-11+. The molecule has 0 aliphatic rings. The van der Waals surface area contributed by atoms with Gasteiger partial charge in [0.1, 0.15) is 5.75 Å². The van der Waals surface area contributed by atoms with Gasteiger partial charge in [-0.05, 0) is 54.8 Å². The predicted octanol–water partition coefficient (Wildman–Crippen LogP) is 4.14. The number of carboxylic acid groups (broad SMARTS) is 1. The Morgan fingerprint density at radius 2 is 2.04 bits per heavy atom. The fourth-order valence-corrected chi connectivity index (χ4v) is 2.42. The summed E-state index contributed by atoms with van der Waals surface area (Å²) in [6, 6.07) is 11.9. The van der Waals surface area contributed by atoms with E-state index >= 15 is 0 Å². The van der Waals surface area contributed by atoms with E-state index in [4.69, 9.17) is 16.3 Å². The average Bonchev–Trinajstić information content (AvgIpc) is 2.65. The van der Waals surface area contributed by atoms with E-state index in [2.05, 4.69) is 11.2 Å². The van der Waals surface area contributed by atoms with Crippen molar-refractivity contribution in [3.05, 3.63) is 65.2 Å². The Balaban J connectivity index is 1.99. The Kier molecular flexibility index (Phi) is 7.21. The van der Waals surface area contributed by atoms with Gasteiger partial charge in [-0.15, -0.1) is 12.3 Å². The van der Waals surface area contributed by atoms with Crippen LogP contribution in [0.5, 0.6) is 5.75 Å². The van der Waals surface area contributed by atoms with Crippen LogP contribution in [0.25, 0.3) is 6.08 Å². The molecule has 0 fully saturated rings. The lowest BCUT2D eigenvalue weighted by Gasteiger charge is -2.09. The largest absolute Gasteiger partial charge is 0.493 e. The van der Waals surface area contributed by atoms with Gasteiger partial charge < -0.3 is 15.2 Å². The number of nitrogens with one attached hydrogen (secondary N) is 1. The summed E-state index contributed by atoms with van der Waals surface area (Å²) in [6.45, 7) is 2.49. The van der Waals surface area contributed by atoms with Gasteiger partial charge in [-0.1, -0.05) is 18.2 Å². The molecule has 0 bridgehead atoms. The second-order valence-electron chi connectivity index (χ2n) is 5.85. The molecule has 0 saturated heterocycles. The first-order valence-electron chi connectivity index (χ1n) is 8.49. The Labute approximate surface area is 158 Å². The van der Waals surface area contributed by atoms with Crippen molar-refractivity contribution in [1.29, 1.82) is 0 Å². The predicted molar refractivity (Wildman–Crippen MR) is 106 cm³/mol. The number of carboxylic acids is 1. The smallest absolute Gasteiger partial charge is 0.337 e. The van der Waals surface area contributed by atoms with Gasteiger partial charge in [0.05, 0.1) is 17.9 Å². The van der Waals surface area contributed by atoms with Crippen molar-refractivity contribution in [3.63, 3.8) is 0 Å². The number of rotatable bonds is 8. The van der Waals surface area contributed by atoms with Crippen molar-refractivity contribution >= 4 is 23.6 Å². The molecule has 0 aliphatic heterocycles. The fraction of sp³-hybridized carbons (Fsp3) is 0.182. The highest BCUT2D eigenvalue weighted by Crippen LogP contribution is 2.20. The van der Waals surface area contributed by atoms with Crippen LogP contribution >= 0.6 is 0 Å². The zero-order valence-electron chi connectivity index (χ0n) is 15.1. The lowest BCUT2D eigenvalue weighted by molar-refractivity contribution is -0.111. The number of hydrogen-bond donors (Lipinski definition) is 2. The highest BCUT2D eigenvalue weighted by Gasteiger charge is 2.10. The summed E-state index contributed by atoms with van der Waals surface area (Å²) >= 11 is 0. The molecule has 5 nitrogen and oxygen atoms in total. The molecule has 2 aromatic carbocycles. The molecule has 0 heterocycles. The first-order chi connectivity index (χ1) is 13.0. The first kappa shape index (κ1) is 19.8. The van der Waals surface area contributed by atoms with Crippen LogP contribution in [0.1, 0.15) is 34.3 Å². The summed E-state index contributed by atoms with van der Waals surface area (Å²) in [7, 11) is 0. The van der Waals surface area contributed by atoms with Crippen LogP contribution < -0.4 is 10.1 Å². The molecule has 2 N–H and O–H groups in total. The summed E-state index contributed by atoms with van der Waals surface area (Å²) < 4.78 is 5.68. The number of aromatic carboxylic acids is 1. The number of amides is 1. The first-order valence-corrected chi connectivity index (χ1v) is 8.49. The normalized spacial score (nSPS) is 10.4. The second-order valence-corrected chi connectivity index (χ2v) is 5.85. The third-order valence-corrected chi connectivity index (χ3v) is 3.76. The molecule has 0 unspecified atom stereocenters. The third kappa shape index (κ3) is 6.05. The molecule has 0 atom stereocenters. The maximum Gasteiger partial charge on any atom is 0.337 e. The molecule has 5 heteroatoms. The average molecular weight is 363 g/mol. The Morgan fingerprint density at radius 1 is 1.26 bits per heavy atom. The molecule has 1 amide bonds. The minimum atomic E-state index is -1.09. The number of benzene rings is 2. The number of anilines is 1. The maximum absolute atomic E-state index is 12.1. The van der Waals surface area contributed by atoms with Gasteiger partial charge in [-0.3, -0.25) is 4.79 Å². The lowest BCUT2D eigenvalue weighted by atomic mass is 10.1. The van der Waals surface area contributed by atoms with Gasteiger partial charge in [0.25, 0.3) is 0 Å². The minimum Gasteiger partial charge on any atom is -0.493 e. The number of hydrogen-bond acceptors (Lipinski definition) is 3. The van der Waals surface area contributed by atoms with E-state index in [-0.39, 0.29) is 11.3 Å². The maximum atomic E-state index is 12.1. The molecule has 0 aliphatic carbocycles. The van der Waals surface area contributed by atoms with Crippen molar-refractivity contribution in [1.82, 2.24) is 0 Å². The Bertz CT molecular complexity index is 893. The van der Waals surface area contributed by atoms with E-state index < -0.39 is 11.9 Å². The number of carbonyl (C=O) groups is 2. The number of terminal acetylenes is 1. The summed E-state index contributed by atoms with van der Waals surface area (Å²) in [5.41, 5.74) is 2.09. The summed E-state index contributed by atoms with van der Waals surface area (Å²) in [6.07, 6.45) is 9.72. The highest BCUT2D eigenvalue weighted by molar-refractivity contribution is 6.06. The number of aryl methyl sites for hydroxylation is 1. The monoisotopic (exact) mass is 363 g/mol. The van der Waals surface area contributed by atoms with Gasteiger partial charge in [0.2, 0.25) is 5.91 Å². The molecule has 138 valence electrons. The van der Waals surface area contributed by atoms with Crippen LogP contribution in [0.3, 0.4) is 0 Å². The molecule has 2 aromatic rings. The Hall–Kier alpha value is -3.52. The molecular formula is C22H21NO4. The van der Waals surface area contributed by atoms with Crippen LogP contribution in [0.15, 0.2) is 48.5 Å². The number of carbonyl (C=O) groups excluding carboxylic acids is 1. The number of ether oxygens (including phenoxy) is 1. The van der Waals surface area contributed by atoms with Gasteiger partial charge >= 0.3 is 5.97 Å². The molecule has 0 aromatic heterocycles. The van der Waals surface area contributed by atoms with E-state index in [1.54, 1.807) is 24.3 Å². The van der Waals surface area contributed by atoms with Crippen molar-refractivity contribution in [2.24, 2.45) is 0 Å². The highest BCUT2D eigenvalue weighted by atomic mass is 16.5. The van der Waals surface area contributed by atoms with E-state index in [1.165, 1.54) is 12.1 Å². The van der Waals surface area contributed by atoms with Crippen LogP contribution in [0.4, 0.5) is 5.69 Å². The molecular weight excluding hydrogens is 342 g/mol. The van der Waals surface area contributed by atoms with Crippen molar-refractivity contribution < 1.29 is 19.4 Å². The summed E-state index contributed by atoms with van der Waals surface area (Å²) in [5.74, 6) is 1.85. The molecule has 2 rings (SSSR count).